The number of ether oxygens (including phenoxy) is 5. The molecule has 0 radical (unpaired) electrons. The van der Waals surface area contributed by atoms with Crippen molar-refractivity contribution in [1.29, 1.82) is 5.26 Å². The molecule has 0 amide bonds. The molecular weight excluding hydrogens is 266 g/mol. The summed E-state index contributed by atoms with van der Waals surface area (Å²) in [5.41, 5.74) is -1.67. The van der Waals surface area contributed by atoms with Crippen LogP contribution in [0.2, 0.25) is 0 Å². The van der Waals surface area contributed by atoms with E-state index in [1.807, 2.05) is 6.07 Å². The van der Waals surface area contributed by atoms with Gasteiger partial charge in [-0.1, -0.05) is 6.92 Å². The summed E-state index contributed by atoms with van der Waals surface area (Å²) >= 11 is 0. The summed E-state index contributed by atoms with van der Waals surface area (Å²) in [4.78, 5) is 12.3. The van der Waals surface area contributed by atoms with Gasteiger partial charge in [-0.3, -0.25) is 4.79 Å². The van der Waals surface area contributed by atoms with Crippen LogP contribution in [0, 0.1) is 22.7 Å². The fourth-order valence-electron chi connectivity index (χ4n) is 3.22. The average molecular weight is 287 g/mol. The van der Waals surface area contributed by atoms with E-state index in [-0.39, 0.29) is 6.61 Å². The minimum atomic E-state index is -1.70. The summed E-state index contributed by atoms with van der Waals surface area (Å²) < 4.78 is 26.5. The number of carbonyl (C=O) groups is 1. The topological polar surface area (TPSA) is 87.0 Å². The van der Waals surface area contributed by atoms with Crippen LogP contribution in [0.3, 0.4) is 0 Å². The molecule has 0 aromatic heterocycles. The molecule has 0 bridgehead atoms. The molecule has 0 N–H and O–H groups in total. The van der Waals surface area contributed by atoms with E-state index in [0.717, 1.165) is 0 Å². The average Bonchev–Trinajstić information content (AvgIpc) is 2.46. The number of carbonyl (C=O) groups excluding carboxylic acids is 1. The molecule has 0 spiro atoms. The highest BCUT2D eigenvalue weighted by molar-refractivity contribution is 5.84. The molecule has 1 aliphatic carbocycles. The van der Waals surface area contributed by atoms with Crippen molar-refractivity contribution in [1.82, 2.24) is 0 Å². The van der Waals surface area contributed by atoms with Crippen molar-refractivity contribution in [3.8, 4) is 6.07 Å². The van der Waals surface area contributed by atoms with Crippen molar-refractivity contribution < 1.29 is 28.5 Å². The predicted molar refractivity (Wildman–Crippen MR) is 67.3 cm³/mol. The Bertz CT molecular complexity index is 410. The molecule has 7 nitrogen and oxygen atoms in total. The van der Waals surface area contributed by atoms with Crippen molar-refractivity contribution >= 4 is 5.97 Å². The van der Waals surface area contributed by atoms with Gasteiger partial charge in [0, 0.05) is 28.4 Å². The quantitative estimate of drug-likeness (QED) is 0.524. The molecule has 1 aliphatic rings. The predicted octanol–water partition coefficient (Wildman–Crippen LogP) is 0.687. The zero-order valence-corrected chi connectivity index (χ0v) is 12.7. The largest absolute Gasteiger partial charge is 0.465 e. The first kappa shape index (κ1) is 16.9. The Hall–Kier alpha value is -1.20. The second-order valence-corrected chi connectivity index (χ2v) is 4.46. The highest BCUT2D eigenvalue weighted by Gasteiger charge is 2.87. The lowest BCUT2D eigenvalue weighted by Gasteiger charge is -2.65. The Morgan fingerprint density at radius 3 is 1.95 bits per heavy atom. The zero-order valence-electron chi connectivity index (χ0n) is 12.7. The standard InChI is InChI=1S/C13H21NO6/c1-7-20-10(15)11(8-14)9(2)12(16-3,17-4)13(11,18-5)19-6/h9H,7H2,1-6H3/t9-,11-/m0/s1. The van der Waals surface area contributed by atoms with Gasteiger partial charge >= 0.3 is 5.97 Å². The van der Waals surface area contributed by atoms with Gasteiger partial charge in [0.25, 0.3) is 5.79 Å². The molecule has 0 saturated heterocycles. The van der Waals surface area contributed by atoms with Crippen LogP contribution >= 0.6 is 0 Å². The number of nitriles is 1. The van der Waals surface area contributed by atoms with Crippen LogP contribution in [-0.4, -0.2) is 52.6 Å². The first-order valence-corrected chi connectivity index (χ1v) is 6.23. The zero-order chi connectivity index (χ0) is 15.6. The van der Waals surface area contributed by atoms with Gasteiger partial charge in [-0.25, -0.2) is 0 Å². The van der Waals surface area contributed by atoms with E-state index in [4.69, 9.17) is 23.7 Å². The third-order valence-electron chi connectivity index (χ3n) is 4.15. The molecule has 0 aromatic rings. The SMILES string of the molecule is CCOC(=O)[C@]1(C#N)[C@H](C)C(OC)(OC)C1(OC)OC. The van der Waals surface area contributed by atoms with E-state index in [9.17, 15) is 10.1 Å². The number of rotatable bonds is 6. The third-order valence-corrected chi connectivity index (χ3v) is 4.15. The minimum Gasteiger partial charge on any atom is -0.465 e. The Kier molecular flexibility index (Phi) is 4.77. The van der Waals surface area contributed by atoms with E-state index < -0.39 is 28.9 Å². The van der Waals surface area contributed by atoms with Gasteiger partial charge in [0.05, 0.1) is 18.6 Å². The van der Waals surface area contributed by atoms with E-state index in [1.54, 1.807) is 13.8 Å². The first-order valence-electron chi connectivity index (χ1n) is 6.23. The van der Waals surface area contributed by atoms with Gasteiger partial charge in [0.2, 0.25) is 11.2 Å². The van der Waals surface area contributed by atoms with Crippen molar-refractivity contribution in [3.63, 3.8) is 0 Å². The van der Waals surface area contributed by atoms with Gasteiger partial charge in [-0.2, -0.15) is 5.26 Å². The van der Waals surface area contributed by atoms with Crippen molar-refractivity contribution in [2.75, 3.05) is 35.0 Å². The lowest BCUT2D eigenvalue weighted by Crippen LogP contribution is -2.85. The number of methoxy groups -OCH3 is 4. The Labute approximate surface area is 118 Å². The molecule has 20 heavy (non-hydrogen) atoms. The Morgan fingerprint density at radius 2 is 1.65 bits per heavy atom. The molecule has 1 rings (SSSR count). The summed E-state index contributed by atoms with van der Waals surface area (Å²) in [6, 6.07) is 1.98. The maximum atomic E-state index is 12.3. The van der Waals surface area contributed by atoms with E-state index in [2.05, 4.69) is 0 Å². The molecule has 114 valence electrons. The summed E-state index contributed by atoms with van der Waals surface area (Å²) in [6.45, 7) is 3.46. The first-order chi connectivity index (χ1) is 9.44. The van der Waals surface area contributed by atoms with Crippen LogP contribution < -0.4 is 0 Å². The second-order valence-electron chi connectivity index (χ2n) is 4.46. The molecule has 0 aromatic carbocycles. The maximum Gasteiger partial charge on any atom is 0.332 e. The molecular formula is C13H21NO6. The monoisotopic (exact) mass is 287 g/mol. The van der Waals surface area contributed by atoms with Gasteiger partial charge < -0.3 is 23.7 Å². The fourth-order valence-corrected chi connectivity index (χ4v) is 3.22. The van der Waals surface area contributed by atoms with E-state index in [0.29, 0.717) is 0 Å². The summed E-state index contributed by atoms with van der Waals surface area (Å²) in [5, 5.41) is 9.60. The minimum absolute atomic E-state index is 0.144. The number of nitrogens with zero attached hydrogens (tertiary/aromatic N) is 1. The van der Waals surface area contributed by atoms with Gasteiger partial charge in [-0.15, -0.1) is 0 Å². The highest BCUT2D eigenvalue weighted by Crippen LogP contribution is 2.65. The third kappa shape index (κ3) is 1.50. The number of esters is 1. The van der Waals surface area contributed by atoms with Gasteiger partial charge in [0.15, 0.2) is 0 Å². The molecule has 1 saturated carbocycles. The number of hydrogen-bond acceptors (Lipinski definition) is 7. The highest BCUT2D eigenvalue weighted by atomic mass is 16.8. The van der Waals surface area contributed by atoms with Gasteiger partial charge in [0.1, 0.15) is 0 Å². The van der Waals surface area contributed by atoms with Crippen LogP contribution in [0.25, 0.3) is 0 Å². The summed E-state index contributed by atoms with van der Waals surface area (Å²) in [6.07, 6.45) is 0. The lowest BCUT2D eigenvalue weighted by molar-refractivity contribution is -0.497. The lowest BCUT2D eigenvalue weighted by atomic mass is 9.51. The van der Waals surface area contributed by atoms with E-state index >= 15 is 0 Å². The molecule has 7 heteroatoms. The van der Waals surface area contributed by atoms with Crippen LogP contribution in [0.1, 0.15) is 13.8 Å². The molecule has 1 fully saturated rings. The molecule has 0 aliphatic heterocycles. The van der Waals surface area contributed by atoms with Crippen molar-refractivity contribution in [3.05, 3.63) is 0 Å². The van der Waals surface area contributed by atoms with Crippen LogP contribution in [0.15, 0.2) is 0 Å². The molecule has 0 unspecified atom stereocenters. The van der Waals surface area contributed by atoms with Crippen LogP contribution in [0.4, 0.5) is 0 Å². The number of hydrogen-bond donors (Lipinski definition) is 0. The molecule has 0 heterocycles. The van der Waals surface area contributed by atoms with Gasteiger partial charge in [-0.05, 0) is 6.92 Å². The van der Waals surface area contributed by atoms with Crippen LogP contribution in [0.5, 0.6) is 0 Å². The normalized spacial score (nSPS) is 30.1. The Morgan fingerprint density at radius 1 is 1.15 bits per heavy atom. The van der Waals surface area contributed by atoms with Crippen molar-refractivity contribution in [2.24, 2.45) is 11.3 Å². The smallest absolute Gasteiger partial charge is 0.332 e. The molecule has 2 atom stereocenters. The summed E-state index contributed by atoms with van der Waals surface area (Å²) in [7, 11) is 5.46. The Balaban J connectivity index is 3.47. The van der Waals surface area contributed by atoms with E-state index in [1.165, 1.54) is 28.4 Å². The fraction of sp³-hybridized carbons (Fsp3) is 0.846. The van der Waals surface area contributed by atoms with Crippen LogP contribution in [-0.2, 0) is 28.5 Å². The second kappa shape index (κ2) is 5.66. The summed E-state index contributed by atoms with van der Waals surface area (Å²) in [5.74, 6) is -4.44. The van der Waals surface area contributed by atoms with Crippen molar-refractivity contribution in [2.45, 2.75) is 25.4 Å². The maximum absolute atomic E-state index is 12.3.